The van der Waals surface area contributed by atoms with Gasteiger partial charge >= 0.3 is 5.97 Å². The van der Waals surface area contributed by atoms with E-state index >= 15 is 0 Å². The summed E-state index contributed by atoms with van der Waals surface area (Å²) in [7, 11) is 2.91. The molecule has 3 heterocycles. The number of benzene rings is 1. The van der Waals surface area contributed by atoms with E-state index in [1.807, 2.05) is 18.2 Å². The van der Waals surface area contributed by atoms with Crippen LogP contribution >= 0.6 is 11.6 Å². The lowest BCUT2D eigenvalue weighted by Gasteiger charge is -2.47. The lowest BCUT2D eigenvalue weighted by atomic mass is 9.97. The van der Waals surface area contributed by atoms with Crippen molar-refractivity contribution in [3.8, 4) is 11.8 Å². The van der Waals surface area contributed by atoms with E-state index in [0.29, 0.717) is 36.7 Å². The summed E-state index contributed by atoms with van der Waals surface area (Å²) in [6.45, 7) is 8.30. The standard InChI is InChI=1S/C28H38ClN7O4/c1-4-21-18-35(27-25(29)32-24(26(31)33-27)28(37)39-3)11-12-36(21)22-7-9-34(10-8-22)17-20-6-5-19(16-30)15-23(20)40-14-13-38-2/h5-6,15,21-22H,4,7-14,17-18H2,1-3H3,(H2,31,33)/t21-/m0/s1. The van der Waals surface area contributed by atoms with Crippen LogP contribution in [0, 0.1) is 11.3 Å². The molecular weight excluding hydrogens is 534 g/mol. The number of nitrogens with two attached hydrogens (primary N) is 1. The van der Waals surface area contributed by atoms with Crippen molar-refractivity contribution in [2.75, 3.05) is 70.8 Å². The number of carbonyl (C=O) groups is 1. The number of nitrogens with zero attached hydrogens (tertiary/aromatic N) is 6. The number of methoxy groups -OCH3 is 2. The van der Waals surface area contributed by atoms with Crippen molar-refractivity contribution >= 4 is 29.2 Å². The molecule has 2 aromatic rings. The molecule has 4 rings (SSSR count). The number of piperidine rings is 1. The van der Waals surface area contributed by atoms with Crippen molar-refractivity contribution < 1.29 is 19.0 Å². The van der Waals surface area contributed by atoms with Crippen LogP contribution < -0.4 is 15.4 Å². The van der Waals surface area contributed by atoms with Gasteiger partial charge in [0.1, 0.15) is 12.4 Å². The largest absolute Gasteiger partial charge is 0.491 e. The molecule has 216 valence electrons. The molecule has 1 aromatic carbocycles. The van der Waals surface area contributed by atoms with Gasteiger partial charge < -0.3 is 24.8 Å². The van der Waals surface area contributed by atoms with Crippen molar-refractivity contribution in [1.82, 2.24) is 19.8 Å². The van der Waals surface area contributed by atoms with Crippen LogP contribution in [0.3, 0.4) is 0 Å². The van der Waals surface area contributed by atoms with E-state index < -0.39 is 5.97 Å². The number of rotatable bonds is 10. The number of likely N-dealkylation sites (tertiary alicyclic amines) is 1. The van der Waals surface area contributed by atoms with Crippen LogP contribution in [0.1, 0.15) is 47.8 Å². The molecule has 11 nitrogen and oxygen atoms in total. The molecule has 0 saturated carbocycles. The van der Waals surface area contributed by atoms with Crippen molar-refractivity contribution in [2.45, 2.75) is 44.8 Å². The second-order valence-electron chi connectivity index (χ2n) is 10.1. The summed E-state index contributed by atoms with van der Waals surface area (Å²) in [5.74, 6) is 0.617. The number of carbonyl (C=O) groups excluding carboxylic acids is 1. The minimum Gasteiger partial charge on any atom is -0.491 e. The maximum atomic E-state index is 11.9. The third-order valence-corrected chi connectivity index (χ3v) is 7.96. The number of piperazine rings is 1. The first-order chi connectivity index (χ1) is 19.4. The molecule has 2 aliphatic heterocycles. The summed E-state index contributed by atoms with van der Waals surface area (Å²) >= 11 is 6.43. The van der Waals surface area contributed by atoms with Crippen LogP contribution in [0.4, 0.5) is 11.6 Å². The maximum absolute atomic E-state index is 11.9. The Balaban J connectivity index is 1.36. The highest BCUT2D eigenvalue weighted by Gasteiger charge is 2.34. The van der Waals surface area contributed by atoms with E-state index in [4.69, 9.17) is 31.5 Å². The highest BCUT2D eigenvalue weighted by molar-refractivity contribution is 6.32. The predicted molar refractivity (Wildman–Crippen MR) is 153 cm³/mol. The molecule has 12 heteroatoms. The van der Waals surface area contributed by atoms with E-state index in [1.165, 1.54) is 7.11 Å². The molecule has 0 unspecified atom stereocenters. The molecule has 1 aromatic heterocycles. The number of hydrogen-bond acceptors (Lipinski definition) is 11. The molecule has 40 heavy (non-hydrogen) atoms. The molecular formula is C28H38ClN7O4. The number of halogens is 1. The van der Waals surface area contributed by atoms with Gasteiger partial charge in [0.25, 0.3) is 0 Å². The molecule has 0 amide bonds. The molecule has 2 N–H and O–H groups in total. The van der Waals surface area contributed by atoms with Crippen LogP contribution in [-0.2, 0) is 16.0 Å². The summed E-state index contributed by atoms with van der Waals surface area (Å²) in [5.41, 5.74) is 7.62. The summed E-state index contributed by atoms with van der Waals surface area (Å²) in [5, 5.41) is 9.46. The number of hydrogen-bond donors (Lipinski definition) is 1. The molecule has 1 atom stereocenters. The lowest BCUT2D eigenvalue weighted by molar-refractivity contribution is 0.0593. The van der Waals surface area contributed by atoms with Gasteiger partial charge in [-0.2, -0.15) is 5.26 Å². The van der Waals surface area contributed by atoms with Gasteiger partial charge in [-0.05, 0) is 44.5 Å². The number of nitriles is 1. The summed E-state index contributed by atoms with van der Waals surface area (Å²) in [4.78, 5) is 27.7. The number of aromatic nitrogens is 2. The SMILES string of the molecule is CC[C@H]1CN(c2nc(N)c(C(=O)OC)nc2Cl)CCN1C1CCN(Cc2ccc(C#N)cc2OCCOC)CC1. The molecule has 2 aliphatic rings. The Morgan fingerprint density at radius 1 is 1.18 bits per heavy atom. The van der Waals surface area contributed by atoms with Gasteiger partial charge in [-0.1, -0.05) is 24.6 Å². The number of ether oxygens (including phenoxy) is 3. The number of esters is 1. The highest BCUT2D eigenvalue weighted by atomic mass is 35.5. The maximum Gasteiger partial charge on any atom is 0.360 e. The van der Waals surface area contributed by atoms with Gasteiger partial charge in [0.2, 0.25) is 0 Å². The van der Waals surface area contributed by atoms with Gasteiger partial charge in [0, 0.05) is 50.9 Å². The zero-order valence-corrected chi connectivity index (χ0v) is 24.2. The minimum absolute atomic E-state index is 0.0172. The number of nitrogen functional groups attached to an aromatic ring is 1. The Bertz CT molecular complexity index is 1220. The Morgan fingerprint density at radius 2 is 1.95 bits per heavy atom. The Labute approximate surface area is 240 Å². The van der Waals surface area contributed by atoms with Gasteiger partial charge in [-0.3, -0.25) is 9.80 Å². The monoisotopic (exact) mass is 571 g/mol. The van der Waals surface area contributed by atoms with Crippen LogP contribution in [0.2, 0.25) is 5.15 Å². The highest BCUT2D eigenvalue weighted by Crippen LogP contribution is 2.31. The third-order valence-electron chi connectivity index (χ3n) is 7.70. The molecule has 0 spiro atoms. The van der Waals surface area contributed by atoms with Crippen molar-refractivity contribution in [3.05, 3.63) is 40.2 Å². The van der Waals surface area contributed by atoms with Crippen molar-refractivity contribution in [2.24, 2.45) is 0 Å². The fraction of sp³-hybridized carbons (Fsp3) is 0.571. The van der Waals surface area contributed by atoms with E-state index in [0.717, 1.165) is 69.8 Å². The fourth-order valence-corrected chi connectivity index (χ4v) is 5.79. The topological polar surface area (TPSA) is 130 Å². The quantitative estimate of drug-likeness (QED) is 0.333. The summed E-state index contributed by atoms with van der Waals surface area (Å²) in [6.07, 6.45) is 3.15. The van der Waals surface area contributed by atoms with Crippen LogP contribution in [0.5, 0.6) is 5.75 Å². The van der Waals surface area contributed by atoms with E-state index in [-0.39, 0.29) is 16.7 Å². The van der Waals surface area contributed by atoms with Crippen LogP contribution in [0.25, 0.3) is 0 Å². The zero-order valence-electron chi connectivity index (χ0n) is 23.4. The lowest BCUT2D eigenvalue weighted by Crippen LogP contribution is -2.58. The minimum atomic E-state index is -0.657. The predicted octanol–water partition coefficient (Wildman–Crippen LogP) is 2.96. The zero-order chi connectivity index (χ0) is 28.6. The smallest absolute Gasteiger partial charge is 0.360 e. The number of anilines is 2. The van der Waals surface area contributed by atoms with Gasteiger partial charge in [-0.15, -0.1) is 0 Å². The Morgan fingerprint density at radius 3 is 2.62 bits per heavy atom. The van der Waals surface area contributed by atoms with Gasteiger partial charge in [0.15, 0.2) is 22.5 Å². The molecule has 0 bridgehead atoms. The average molecular weight is 572 g/mol. The van der Waals surface area contributed by atoms with E-state index in [9.17, 15) is 10.1 Å². The summed E-state index contributed by atoms with van der Waals surface area (Å²) < 4.78 is 15.8. The Hall–Kier alpha value is -3.17. The van der Waals surface area contributed by atoms with Crippen molar-refractivity contribution in [3.63, 3.8) is 0 Å². The molecule has 2 saturated heterocycles. The van der Waals surface area contributed by atoms with E-state index in [1.54, 1.807) is 7.11 Å². The van der Waals surface area contributed by atoms with Crippen LogP contribution in [-0.4, -0.2) is 98.0 Å². The van der Waals surface area contributed by atoms with Gasteiger partial charge in [0.05, 0.1) is 25.3 Å². The first-order valence-electron chi connectivity index (χ1n) is 13.7. The normalized spacial score (nSPS) is 18.9. The average Bonchev–Trinajstić information content (AvgIpc) is 2.98. The third kappa shape index (κ3) is 6.93. The molecule has 2 fully saturated rings. The fourth-order valence-electron chi connectivity index (χ4n) is 5.55. The second-order valence-corrected chi connectivity index (χ2v) is 10.5. The van der Waals surface area contributed by atoms with Gasteiger partial charge in [-0.25, -0.2) is 14.8 Å². The first-order valence-corrected chi connectivity index (χ1v) is 14.0. The first kappa shape index (κ1) is 29.8. The molecule has 0 aliphatic carbocycles. The molecule has 0 radical (unpaired) electrons. The van der Waals surface area contributed by atoms with Crippen LogP contribution in [0.15, 0.2) is 18.2 Å². The Kier molecular flexibility index (Phi) is 10.4. The van der Waals surface area contributed by atoms with E-state index in [2.05, 4.69) is 37.7 Å². The summed E-state index contributed by atoms with van der Waals surface area (Å²) in [6, 6.07) is 8.69. The van der Waals surface area contributed by atoms with Crippen molar-refractivity contribution in [1.29, 1.82) is 5.26 Å². The second kappa shape index (κ2) is 13.9.